The first kappa shape index (κ1) is 24.2. The molecule has 0 saturated carbocycles. The Kier molecular flexibility index (Phi) is 7.29. The van der Waals surface area contributed by atoms with Gasteiger partial charge in [-0.15, -0.1) is 0 Å². The highest BCUT2D eigenvalue weighted by Gasteiger charge is 2.27. The monoisotopic (exact) mass is 486 g/mol. The van der Waals surface area contributed by atoms with Gasteiger partial charge < -0.3 is 9.88 Å². The number of rotatable bonds is 8. The number of benzene rings is 2. The molecule has 11 heteroatoms. The third-order valence-electron chi connectivity index (χ3n) is 4.79. The van der Waals surface area contributed by atoms with Gasteiger partial charge in [-0.3, -0.25) is 0 Å². The maximum atomic E-state index is 14.0. The Bertz CT molecular complexity index is 1180. The lowest BCUT2D eigenvalue weighted by Gasteiger charge is -2.17. The number of sulfonamides is 1. The summed E-state index contributed by atoms with van der Waals surface area (Å²) in [6, 6.07) is 7.19. The van der Waals surface area contributed by atoms with Crippen molar-refractivity contribution in [3.63, 3.8) is 0 Å². The van der Waals surface area contributed by atoms with Crippen LogP contribution in [0.3, 0.4) is 0 Å². The lowest BCUT2D eigenvalue weighted by molar-refractivity contribution is 0.412. The number of hydrogen-bond donors (Lipinski definition) is 2. The Hall–Kier alpha value is -2.40. The molecule has 172 valence electrons. The van der Waals surface area contributed by atoms with Crippen LogP contribution in [0.25, 0.3) is 0 Å². The van der Waals surface area contributed by atoms with Crippen molar-refractivity contribution in [1.82, 2.24) is 19.6 Å². The summed E-state index contributed by atoms with van der Waals surface area (Å²) >= 11 is 5.93. The number of nitrogens with zero attached hydrogens (tertiary/aromatic N) is 2. The van der Waals surface area contributed by atoms with E-state index in [1.54, 1.807) is 0 Å². The van der Waals surface area contributed by atoms with Crippen molar-refractivity contribution in [2.45, 2.75) is 17.9 Å². The second-order valence-electron chi connectivity index (χ2n) is 7.53. The summed E-state index contributed by atoms with van der Waals surface area (Å²) in [5, 5.41) is -0.386. The maximum Gasteiger partial charge on any atom is 0.259 e. The van der Waals surface area contributed by atoms with Crippen LogP contribution in [0.5, 0.6) is 0 Å². The van der Waals surface area contributed by atoms with E-state index in [0.29, 0.717) is 12.1 Å². The predicted molar refractivity (Wildman–Crippen MR) is 116 cm³/mol. The molecule has 0 aliphatic heterocycles. The number of aromatic nitrogens is 2. The number of imidazole rings is 1. The topological polar surface area (TPSA) is 78.1 Å². The van der Waals surface area contributed by atoms with Crippen molar-refractivity contribution in [3.8, 4) is 0 Å². The Morgan fingerprint density at radius 1 is 1.06 bits per heavy atom. The molecule has 0 aliphatic rings. The quantitative estimate of drug-likeness (QED) is 0.507. The first-order chi connectivity index (χ1) is 15.0. The van der Waals surface area contributed by atoms with Gasteiger partial charge in [0.05, 0.1) is 16.6 Å². The molecular weight excluding hydrogens is 465 g/mol. The van der Waals surface area contributed by atoms with Crippen molar-refractivity contribution in [2.75, 3.05) is 27.2 Å². The minimum atomic E-state index is -3.93. The van der Waals surface area contributed by atoms with Crippen LogP contribution in [-0.4, -0.2) is 50.5 Å². The highest BCUT2D eigenvalue weighted by atomic mass is 35.5. The zero-order valence-corrected chi connectivity index (χ0v) is 19.2. The molecule has 0 spiro atoms. The standard InChI is InChI=1S/C21H22ClF3N4O2S/c1-12-21(32(30,31)26-8-9-29(2)3)28-20(27-12)19(13-4-6-16(23)15(22)10-13)14-5-7-17(24)18(25)11-14/h4-7,10-11,19,26H,8-9H2,1-3H3,(H,27,28). The molecular formula is C21H22ClF3N4O2S. The van der Waals surface area contributed by atoms with E-state index >= 15 is 0 Å². The van der Waals surface area contributed by atoms with Gasteiger partial charge in [0.15, 0.2) is 16.7 Å². The van der Waals surface area contributed by atoms with Gasteiger partial charge in [0.25, 0.3) is 10.0 Å². The zero-order valence-electron chi connectivity index (χ0n) is 17.6. The van der Waals surface area contributed by atoms with Gasteiger partial charge in [-0.05, 0) is 56.4 Å². The van der Waals surface area contributed by atoms with Crippen molar-refractivity contribution in [3.05, 3.63) is 81.5 Å². The van der Waals surface area contributed by atoms with Crippen LogP contribution in [0.4, 0.5) is 13.2 Å². The van der Waals surface area contributed by atoms with E-state index in [2.05, 4.69) is 14.7 Å². The molecule has 1 aromatic heterocycles. The number of halogens is 4. The van der Waals surface area contributed by atoms with Crippen molar-refractivity contribution < 1.29 is 21.6 Å². The summed E-state index contributed by atoms with van der Waals surface area (Å²) < 4.78 is 69.2. The highest BCUT2D eigenvalue weighted by molar-refractivity contribution is 7.89. The first-order valence-electron chi connectivity index (χ1n) is 9.60. The molecule has 3 aromatic rings. The van der Waals surface area contributed by atoms with E-state index in [4.69, 9.17) is 11.6 Å². The molecule has 0 bridgehead atoms. The maximum absolute atomic E-state index is 14.0. The smallest absolute Gasteiger partial charge is 0.259 e. The highest BCUT2D eigenvalue weighted by Crippen LogP contribution is 2.34. The number of aryl methyl sites for hydroxylation is 1. The van der Waals surface area contributed by atoms with E-state index < -0.39 is 33.4 Å². The summed E-state index contributed by atoms with van der Waals surface area (Å²) in [7, 11) is -0.309. The average molecular weight is 487 g/mol. The van der Waals surface area contributed by atoms with Crippen molar-refractivity contribution in [2.24, 2.45) is 0 Å². The molecule has 32 heavy (non-hydrogen) atoms. The number of nitrogens with one attached hydrogen (secondary N) is 2. The third-order valence-corrected chi connectivity index (χ3v) is 6.57. The molecule has 3 rings (SSSR count). The van der Waals surface area contributed by atoms with Gasteiger partial charge in [0.1, 0.15) is 11.6 Å². The minimum absolute atomic E-state index is 0.157. The summed E-state index contributed by atoms with van der Waals surface area (Å²) in [5.74, 6) is -3.46. The fraction of sp³-hybridized carbons (Fsp3) is 0.286. The van der Waals surface area contributed by atoms with Crippen LogP contribution in [-0.2, 0) is 10.0 Å². The molecule has 1 atom stereocenters. The summed E-state index contributed by atoms with van der Waals surface area (Å²) in [6.45, 7) is 2.20. The van der Waals surface area contributed by atoms with E-state index in [1.807, 2.05) is 19.0 Å². The Balaban J connectivity index is 2.08. The molecule has 0 aliphatic carbocycles. The molecule has 2 aromatic carbocycles. The number of likely N-dealkylation sites (N-methyl/N-ethyl adjacent to an activating group) is 1. The number of aromatic amines is 1. The summed E-state index contributed by atoms with van der Waals surface area (Å²) in [4.78, 5) is 9.01. The van der Waals surface area contributed by atoms with E-state index in [0.717, 1.165) is 18.2 Å². The molecule has 0 saturated heterocycles. The van der Waals surface area contributed by atoms with Crippen LogP contribution < -0.4 is 4.72 Å². The molecule has 1 unspecified atom stereocenters. The molecule has 0 amide bonds. The Morgan fingerprint density at radius 2 is 1.69 bits per heavy atom. The molecule has 6 nitrogen and oxygen atoms in total. The first-order valence-corrected chi connectivity index (χ1v) is 11.5. The van der Waals surface area contributed by atoms with Crippen LogP contribution in [0.15, 0.2) is 41.4 Å². The van der Waals surface area contributed by atoms with E-state index in [-0.39, 0.29) is 33.7 Å². The normalized spacial score (nSPS) is 13.0. The largest absolute Gasteiger partial charge is 0.344 e. The SMILES string of the molecule is Cc1[nH]c(C(c2ccc(F)c(F)c2)c2ccc(F)c(Cl)c2)nc1S(=O)(=O)NCCN(C)C. The van der Waals surface area contributed by atoms with E-state index in [1.165, 1.54) is 25.1 Å². The average Bonchev–Trinajstić information content (AvgIpc) is 3.09. The van der Waals surface area contributed by atoms with Gasteiger partial charge >= 0.3 is 0 Å². The van der Waals surface area contributed by atoms with Crippen molar-refractivity contribution in [1.29, 1.82) is 0 Å². The predicted octanol–water partition coefficient (Wildman–Crippen LogP) is 3.81. The second-order valence-corrected chi connectivity index (χ2v) is 9.62. The summed E-state index contributed by atoms with van der Waals surface area (Å²) in [6.07, 6.45) is 0. The Morgan fingerprint density at radius 3 is 2.28 bits per heavy atom. The molecule has 1 heterocycles. The Labute approximate surface area is 189 Å². The van der Waals surface area contributed by atoms with Gasteiger partial charge in [-0.1, -0.05) is 23.7 Å². The molecule has 2 N–H and O–H groups in total. The fourth-order valence-electron chi connectivity index (χ4n) is 3.23. The zero-order chi connectivity index (χ0) is 23.6. The number of H-pyrrole nitrogens is 1. The van der Waals surface area contributed by atoms with Gasteiger partial charge in [0.2, 0.25) is 0 Å². The van der Waals surface area contributed by atoms with Gasteiger partial charge in [-0.25, -0.2) is 31.3 Å². The fourth-order valence-corrected chi connectivity index (χ4v) is 4.59. The van der Waals surface area contributed by atoms with Crippen LogP contribution >= 0.6 is 11.6 Å². The molecule has 0 radical (unpaired) electrons. The second kappa shape index (κ2) is 9.62. The van der Waals surface area contributed by atoms with Gasteiger partial charge in [-0.2, -0.15) is 0 Å². The van der Waals surface area contributed by atoms with E-state index in [9.17, 15) is 21.6 Å². The molecule has 0 fully saturated rings. The van der Waals surface area contributed by atoms with Crippen LogP contribution in [0, 0.1) is 24.4 Å². The lowest BCUT2D eigenvalue weighted by atomic mass is 9.90. The van der Waals surface area contributed by atoms with Crippen molar-refractivity contribution >= 4 is 21.6 Å². The summed E-state index contributed by atoms with van der Waals surface area (Å²) in [5.41, 5.74) is 0.962. The third kappa shape index (κ3) is 5.32. The van der Waals surface area contributed by atoms with Crippen LogP contribution in [0.2, 0.25) is 5.02 Å². The van der Waals surface area contributed by atoms with Crippen LogP contribution in [0.1, 0.15) is 28.6 Å². The minimum Gasteiger partial charge on any atom is -0.344 e. The lowest BCUT2D eigenvalue weighted by Crippen LogP contribution is -2.32. The number of hydrogen-bond acceptors (Lipinski definition) is 4. The van der Waals surface area contributed by atoms with Gasteiger partial charge in [0, 0.05) is 13.1 Å².